The Morgan fingerprint density at radius 3 is 2.46 bits per heavy atom. The number of carbonyl (C=O) groups excluding carboxylic acids is 3. The van der Waals surface area contributed by atoms with E-state index in [1.54, 1.807) is 7.11 Å². The predicted octanol–water partition coefficient (Wildman–Crippen LogP) is 5.28. The molecular formula is C32H36FNO5. The summed E-state index contributed by atoms with van der Waals surface area (Å²) in [6, 6.07) is 28.3. The molecule has 0 spiro atoms. The number of benzene rings is 3. The largest absolute Gasteiger partial charge is 0.385 e. The molecule has 0 aliphatic carbocycles. The molecule has 206 valence electrons. The standard InChI is InChI=1S/C28H33NO2.C4HFO3.H2/c1-30-18-8-15-23-11-5-6-12-26(23)21-31-28-20-29-17-16-27(28)25-14-7-13-24(19-25)22-9-3-2-4-10-22;5-3(1-6)4(8)2-7;/h2-7,9-14,19,27-29H,8,15-18,20-21H2,1H3;2H;1H/t27-,28+;;/m1../s1. The van der Waals surface area contributed by atoms with Crippen LogP contribution in [-0.4, -0.2) is 50.9 Å². The number of hydrogen-bond acceptors (Lipinski definition) is 6. The monoisotopic (exact) mass is 533 g/mol. The van der Waals surface area contributed by atoms with Crippen molar-refractivity contribution in [3.8, 4) is 11.1 Å². The number of rotatable bonds is 11. The number of aldehydes is 1. The highest BCUT2D eigenvalue weighted by Crippen LogP contribution is 2.31. The van der Waals surface area contributed by atoms with Gasteiger partial charge in [0, 0.05) is 27.6 Å². The second kappa shape index (κ2) is 16.3. The number of Topliss-reactive ketones (excluding diaryl/α,β-unsaturated/α-hetero) is 1. The van der Waals surface area contributed by atoms with Crippen molar-refractivity contribution in [1.29, 1.82) is 0 Å². The number of ketones is 1. The summed E-state index contributed by atoms with van der Waals surface area (Å²) in [5.74, 6) is -2.11. The van der Waals surface area contributed by atoms with Gasteiger partial charge >= 0.3 is 0 Å². The molecule has 1 N–H and O–H groups in total. The summed E-state index contributed by atoms with van der Waals surface area (Å²) >= 11 is 0. The first kappa shape index (κ1) is 29.8. The second-order valence-corrected chi connectivity index (χ2v) is 9.20. The van der Waals surface area contributed by atoms with E-state index >= 15 is 0 Å². The highest BCUT2D eigenvalue weighted by molar-refractivity contribution is 6.34. The molecule has 3 aromatic carbocycles. The third-order valence-electron chi connectivity index (χ3n) is 6.63. The van der Waals surface area contributed by atoms with Crippen LogP contribution in [0.2, 0.25) is 0 Å². The minimum Gasteiger partial charge on any atom is -0.385 e. The van der Waals surface area contributed by atoms with Crippen molar-refractivity contribution in [1.82, 2.24) is 5.32 Å². The van der Waals surface area contributed by atoms with Gasteiger partial charge in [-0.05, 0) is 53.6 Å². The van der Waals surface area contributed by atoms with Crippen LogP contribution in [0, 0.1) is 0 Å². The number of carbonyl (C=O) groups is 2. The molecule has 1 heterocycles. The molecule has 1 aliphatic rings. The van der Waals surface area contributed by atoms with Crippen LogP contribution in [0.3, 0.4) is 0 Å². The van der Waals surface area contributed by atoms with E-state index in [9.17, 15) is 18.8 Å². The van der Waals surface area contributed by atoms with Gasteiger partial charge in [-0.1, -0.05) is 78.9 Å². The zero-order valence-corrected chi connectivity index (χ0v) is 22.1. The fourth-order valence-electron chi connectivity index (χ4n) is 4.61. The third kappa shape index (κ3) is 9.20. The van der Waals surface area contributed by atoms with E-state index in [-0.39, 0.29) is 13.8 Å². The Morgan fingerprint density at radius 2 is 1.77 bits per heavy atom. The molecular weight excluding hydrogens is 497 g/mol. The van der Waals surface area contributed by atoms with Crippen LogP contribution in [-0.2, 0) is 36.9 Å². The molecule has 0 aromatic heterocycles. The molecule has 7 heteroatoms. The average Bonchev–Trinajstić information content (AvgIpc) is 3.01. The van der Waals surface area contributed by atoms with Crippen molar-refractivity contribution in [3.63, 3.8) is 0 Å². The molecule has 1 saturated heterocycles. The Labute approximate surface area is 230 Å². The fourth-order valence-corrected chi connectivity index (χ4v) is 4.61. The van der Waals surface area contributed by atoms with E-state index in [4.69, 9.17) is 9.47 Å². The SMILES string of the molecule is COCCCc1ccccc1CO[C@H]1CNCC[C@@H]1c1cccc(-c2ccccc2)c1.O=C=C(F)C(=O)C=O.[HH]. The topological polar surface area (TPSA) is 81.7 Å². The maximum Gasteiger partial charge on any atom is 0.265 e. The number of aryl methyl sites for hydroxylation is 1. The van der Waals surface area contributed by atoms with E-state index in [1.807, 2.05) is 0 Å². The molecule has 0 bridgehead atoms. The van der Waals surface area contributed by atoms with Crippen LogP contribution >= 0.6 is 0 Å². The molecule has 0 amide bonds. The van der Waals surface area contributed by atoms with Gasteiger partial charge in [0.25, 0.3) is 11.6 Å². The maximum absolute atomic E-state index is 11.4. The number of allylic oxidation sites excluding steroid dienone is 1. The first-order valence-electron chi connectivity index (χ1n) is 13.0. The minimum atomic E-state index is -1.68. The summed E-state index contributed by atoms with van der Waals surface area (Å²) in [5.41, 5.74) is 6.58. The Hall–Kier alpha value is -3.74. The average molecular weight is 534 g/mol. The molecule has 39 heavy (non-hydrogen) atoms. The van der Waals surface area contributed by atoms with Crippen LogP contribution in [0.25, 0.3) is 11.1 Å². The molecule has 0 radical (unpaired) electrons. The van der Waals surface area contributed by atoms with Crippen molar-refractivity contribution >= 4 is 18.0 Å². The fraction of sp³-hybridized carbons (Fsp3) is 0.312. The molecule has 6 nitrogen and oxygen atoms in total. The van der Waals surface area contributed by atoms with Crippen molar-refractivity contribution < 1.29 is 29.7 Å². The van der Waals surface area contributed by atoms with Gasteiger partial charge in [-0.25, -0.2) is 4.79 Å². The number of nitrogens with one attached hydrogen (secondary N) is 1. The zero-order valence-electron chi connectivity index (χ0n) is 22.1. The van der Waals surface area contributed by atoms with E-state index in [2.05, 4.69) is 84.2 Å². The van der Waals surface area contributed by atoms with Crippen LogP contribution in [0.1, 0.15) is 36.9 Å². The minimum absolute atomic E-state index is 0. The van der Waals surface area contributed by atoms with E-state index in [0.717, 1.165) is 39.0 Å². The smallest absolute Gasteiger partial charge is 0.265 e. The predicted molar refractivity (Wildman–Crippen MR) is 151 cm³/mol. The van der Waals surface area contributed by atoms with Gasteiger partial charge in [-0.3, -0.25) is 9.59 Å². The van der Waals surface area contributed by atoms with Crippen molar-refractivity contribution in [2.45, 2.75) is 37.9 Å². The Kier molecular flexibility index (Phi) is 12.4. The summed E-state index contributed by atoms with van der Waals surface area (Å²) < 4.78 is 23.2. The van der Waals surface area contributed by atoms with Crippen molar-refractivity contribution in [2.75, 3.05) is 26.8 Å². The van der Waals surface area contributed by atoms with Gasteiger partial charge in [-0.15, -0.1) is 0 Å². The number of hydrogen-bond donors (Lipinski definition) is 1. The maximum atomic E-state index is 11.4. The highest BCUT2D eigenvalue weighted by atomic mass is 19.1. The normalized spacial score (nSPS) is 16.4. The van der Waals surface area contributed by atoms with E-state index in [0.29, 0.717) is 18.5 Å². The number of ether oxygens (including phenoxy) is 2. The zero-order chi connectivity index (χ0) is 27.9. The van der Waals surface area contributed by atoms with E-state index in [1.165, 1.54) is 27.8 Å². The second-order valence-electron chi connectivity index (χ2n) is 9.20. The van der Waals surface area contributed by atoms with Crippen LogP contribution in [0.5, 0.6) is 0 Å². The van der Waals surface area contributed by atoms with Crippen LogP contribution in [0.15, 0.2) is 84.7 Å². The quantitative estimate of drug-likeness (QED) is 0.119. The van der Waals surface area contributed by atoms with Crippen LogP contribution < -0.4 is 5.32 Å². The Balaban J connectivity index is 0.000000546. The van der Waals surface area contributed by atoms with Crippen molar-refractivity contribution in [3.05, 3.63) is 101 Å². The Bertz CT molecular complexity index is 1260. The lowest BCUT2D eigenvalue weighted by Gasteiger charge is -2.33. The lowest BCUT2D eigenvalue weighted by Crippen LogP contribution is -2.41. The van der Waals surface area contributed by atoms with Gasteiger partial charge in [0.15, 0.2) is 12.2 Å². The molecule has 0 saturated carbocycles. The van der Waals surface area contributed by atoms with Crippen molar-refractivity contribution in [2.24, 2.45) is 0 Å². The van der Waals surface area contributed by atoms with Gasteiger partial charge in [-0.2, -0.15) is 4.39 Å². The van der Waals surface area contributed by atoms with Gasteiger partial charge in [0.05, 0.1) is 12.7 Å². The van der Waals surface area contributed by atoms with Gasteiger partial charge in [0.1, 0.15) is 0 Å². The highest BCUT2D eigenvalue weighted by Gasteiger charge is 2.27. The lowest BCUT2D eigenvalue weighted by atomic mass is 9.86. The summed E-state index contributed by atoms with van der Waals surface area (Å²) in [6.45, 7) is 3.38. The first-order valence-corrected chi connectivity index (χ1v) is 13.0. The molecule has 4 rings (SSSR count). The molecule has 2 atom stereocenters. The molecule has 0 unspecified atom stereocenters. The summed E-state index contributed by atoms with van der Waals surface area (Å²) in [4.78, 5) is 28.2. The lowest BCUT2D eigenvalue weighted by molar-refractivity contribution is -0.128. The molecule has 1 aliphatic heterocycles. The van der Waals surface area contributed by atoms with Crippen LogP contribution in [0.4, 0.5) is 4.39 Å². The summed E-state index contributed by atoms with van der Waals surface area (Å²) in [6.07, 6.45) is 3.04. The Morgan fingerprint density at radius 1 is 1.05 bits per heavy atom. The number of methoxy groups -OCH3 is 1. The molecule has 1 fully saturated rings. The third-order valence-corrected chi connectivity index (χ3v) is 6.63. The van der Waals surface area contributed by atoms with Gasteiger partial charge < -0.3 is 14.8 Å². The number of halogens is 1. The first-order chi connectivity index (χ1) is 19.1. The molecule has 3 aromatic rings. The summed E-state index contributed by atoms with van der Waals surface area (Å²) in [7, 11) is 1.76. The van der Waals surface area contributed by atoms with E-state index < -0.39 is 11.6 Å². The number of piperidine rings is 1. The summed E-state index contributed by atoms with van der Waals surface area (Å²) in [5, 5.41) is 3.53. The van der Waals surface area contributed by atoms with Gasteiger partial charge in [0.2, 0.25) is 0 Å².